The van der Waals surface area contributed by atoms with Gasteiger partial charge in [-0.05, 0) is 41.3 Å². The van der Waals surface area contributed by atoms with Gasteiger partial charge in [-0.15, -0.1) is 11.3 Å². The van der Waals surface area contributed by atoms with Crippen LogP contribution in [0.2, 0.25) is 0 Å². The second kappa shape index (κ2) is 8.59. The smallest absolute Gasteiger partial charge is 0.284 e. The second-order valence-corrected chi connectivity index (χ2v) is 7.72. The standard InChI is InChI=1S/C23H22N2O4S/c1-27-17-7-4-6-15(10-17)21-14-20(16-11-18(28-2)13-19(12-16)29-3)24-25(21)23(26)22-8-5-9-30-22/h4-13,21H,14H2,1-3H3/t21-/m1/s1. The summed E-state index contributed by atoms with van der Waals surface area (Å²) < 4.78 is 16.2. The number of carbonyl (C=O) groups is 1. The number of methoxy groups -OCH3 is 3. The number of thiophene rings is 1. The van der Waals surface area contributed by atoms with Gasteiger partial charge in [0.2, 0.25) is 0 Å². The normalized spacial score (nSPS) is 15.6. The van der Waals surface area contributed by atoms with E-state index in [9.17, 15) is 4.79 Å². The highest BCUT2D eigenvalue weighted by atomic mass is 32.1. The molecule has 0 saturated heterocycles. The lowest BCUT2D eigenvalue weighted by Gasteiger charge is -2.21. The van der Waals surface area contributed by atoms with Gasteiger partial charge in [-0.2, -0.15) is 5.10 Å². The minimum Gasteiger partial charge on any atom is -0.497 e. The molecule has 1 atom stereocenters. The van der Waals surface area contributed by atoms with Crippen molar-refractivity contribution >= 4 is 23.0 Å². The summed E-state index contributed by atoms with van der Waals surface area (Å²) in [5, 5.41) is 8.20. The fourth-order valence-corrected chi connectivity index (χ4v) is 4.12. The molecule has 0 spiro atoms. The Bertz CT molecular complexity index is 1060. The number of amides is 1. The Morgan fingerprint density at radius 2 is 1.70 bits per heavy atom. The summed E-state index contributed by atoms with van der Waals surface area (Å²) >= 11 is 1.41. The Hall–Kier alpha value is -3.32. The zero-order valence-electron chi connectivity index (χ0n) is 17.0. The van der Waals surface area contributed by atoms with Crippen molar-refractivity contribution in [3.8, 4) is 17.2 Å². The van der Waals surface area contributed by atoms with Crippen LogP contribution >= 0.6 is 11.3 Å². The monoisotopic (exact) mass is 422 g/mol. The zero-order valence-corrected chi connectivity index (χ0v) is 17.8. The molecule has 1 aliphatic heterocycles. The molecule has 2 aromatic carbocycles. The van der Waals surface area contributed by atoms with Gasteiger partial charge in [0.05, 0.1) is 38.0 Å². The van der Waals surface area contributed by atoms with E-state index in [0.29, 0.717) is 22.8 Å². The van der Waals surface area contributed by atoms with E-state index < -0.39 is 0 Å². The van der Waals surface area contributed by atoms with Crippen LogP contribution in [0.5, 0.6) is 17.2 Å². The molecule has 2 heterocycles. The van der Waals surface area contributed by atoms with Gasteiger partial charge in [0.1, 0.15) is 17.2 Å². The van der Waals surface area contributed by atoms with Crippen LogP contribution in [0.1, 0.15) is 33.3 Å². The summed E-state index contributed by atoms with van der Waals surface area (Å²) in [6.07, 6.45) is 0.570. The molecular weight excluding hydrogens is 400 g/mol. The van der Waals surface area contributed by atoms with Crippen molar-refractivity contribution in [2.45, 2.75) is 12.5 Å². The molecular formula is C23H22N2O4S. The quantitative estimate of drug-likeness (QED) is 0.574. The first kappa shape index (κ1) is 20.0. The fraction of sp³-hybridized carbons (Fsp3) is 0.217. The van der Waals surface area contributed by atoms with E-state index in [1.54, 1.807) is 26.3 Å². The van der Waals surface area contributed by atoms with E-state index in [1.165, 1.54) is 11.3 Å². The Morgan fingerprint density at radius 1 is 0.967 bits per heavy atom. The van der Waals surface area contributed by atoms with E-state index in [4.69, 9.17) is 19.3 Å². The molecule has 0 bridgehead atoms. The van der Waals surface area contributed by atoms with Crippen LogP contribution in [0, 0.1) is 0 Å². The van der Waals surface area contributed by atoms with E-state index in [1.807, 2.05) is 60.0 Å². The first-order valence-electron chi connectivity index (χ1n) is 9.45. The number of hydrogen-bond donors (Lipinski definition) is 0. The van der Waals surface area contributed by atoms with Gasteiger partial charge in [0.15, 0.2) is 0 Å². The van der Waals surface area contributed by atoms with Crippen LogP contribution in [0.4, 0.5) is 0 Å². The molecule has 3 aromatic rings. The number of nitrogens with zero attached hydrogens (tertiary/aromatic N) is 2. The van der Waals surface area contributed by atoms with Gasteiger partial charge < -0.3 is 14.2 Å². The van der Waals surface area contributed by atoms with Crippen LogP contribution in [0.25, 0.3) is 0 Å². The predicted octanol–water partition coefficient (Wildman–Crippen LogP) is 4.77. The number of hydrazone groups is 1. The Labute approximate surface area is 179 Å². The predicted molar refractivity (Wildman–Crippen MR) is 117 cm³/mol. The summed E-state index contributed by atoms with van der Waals surface area (Å²) in [6.45, 7) is 0. The molecule has 0 N–H and O–H groups in total. The van der Waals surface area contributed by atoms with Crippen LogP contribution in [0.15, 0.2) is 65.1 Å². The summed E-state index contributed by atoms with van der Waals surface area (Å²) in [7, 11) is 4.86. The van der Waals surface area contributed by atoms with Crippen molar-refractivity contribution in [2.75, 3.05) is 21.3 Å². The van der Waals surface area contributed by atoms with Crippen molar-refractivity contribution in [3.05, 3.63) is 76.0 Å². The van der Waals surface area contributed by atoms with Crippen LogP contribution < -0.4 is 14.2 Å². The van der Waals surface area contributed by atoms with Crippen LogP contribution in [-0.4, -0.2) is 38.0 Å². The van der Waals surface area contributed by atoms with Gasteiger partial charge in [-0.3, -0.25) is 4.79 Å². The molecule has 1 aromatic heterocycles. The topological polar surface area (TPSA) is 60.4 Å². The lowest BCUT2D eigenvalue weighted by Crippen LogP contribution is -2.26. The summed E-state index contributed by atoms with van der Waals surface area (Å²) in [4.78, 5) is 13.9. The average Bonchev–Trinajstić information content (AvgIpc) is 3.49. The number of hydrogen-bond acceptors (Lipinski definition) is 6. The first-order valence-corrected chi connectivity index (χ1v) is 10.3. The Kier molecular flexibility index (Phi) is 5.72. The molecule has 0 unspecified atom stereocenters. The van der Waals surface area contributed by atoms with Crippen molar-refractivity contribution in [1.82, 2.24) is 5.01 Å². The molecule has 7 heteroatoms. The first-order chi connectivity index (χ1) is 14.6. The van der Waals surface area contributed by atoms with Crippen molar-refractivity contribution in [2.24, 2.45) is 5.10 Å². The molecule has 1 aliphatic rings. The van der Waals surface area contributed by atoms with Gasteiger partial charge in [-0.25, -0.2) is 5.01 Å². The molecule has 1 amide bonds. The highest BCUT2D eigenvalue weighted by molar-refractivity contribution is 7.12. The van der Waals surface area contributed by atoms with E-state index in [2.05, 4.69) is 0 Å². The number of rotatable bonds is 6. The Morgan fingerprint density at radius 3 is 2.33 bits per heavy atom. The SMILES string of the molecule is COc1cc(OC)cc(C2=NN(C(=O)c3cccs3)[C@@H](c3cccc(OC)c3)C2)c1. The van der Waals surface area contributed by atoms with E-state index >= 15 is 0 Å². The number of benzene rings is 2. The van der Waals surface area contributed by atoms with Crippen molar-refractivity contribution in [1.29, 1.82) is 0 Å². The second-order valence-electron chi connectivity index (χ2n) is 6.77. The van der Waals surface area contributed by atoms with Crippen LogP contribution in [-0.2, 0) is 0 Å². The third kappa shape index (κ3) is 3.89. The third-order valence-corrected chi connectivity index (χ3v) is 5.87. The summed E-state index contributed by atoms with van der Waals surface area (Å²) in [5.74, 6) is 1.97. The fourth-order valence-electron chi connectivity index (χ4n) is 3.47. The van der Waals surface area contributed by atoms with Crippen molar-refractivity contribution in [3.63, 3.8) is 0 Å². The lowest BCUT2D eigenvalue weighted by molar-refractivity contribution is 0.0716. The summed E-state index contributed by atoms with van der Waals surface area (Å²) in [5.41, 5.74) is 2.62. The maximum Gasteiger partial charge on any atom is 0.284 e. The molecule has 0 fully saturated rings. The molecule has 0 aliphatic carbocycles. The zero-order chi connectivity index (χ0) is 21.1. The number of ether oxygens (including phenoxy) is 3. The number of carbonyl (C=O) groups excluding carboxylic acids is 1. The average molecular weight is 423 g/mol. The van der Waals surface area contributed by atoms with E-state index in [0.717, 1.165) is 22.6 Å². The van der Waals surface area contributed by atoms with E-state index in [-0.39, 0.29) is 11.9 Å². The van der Waals surface area contributed by atoms with Gasteiger partial charge in [0, 0.05) is 18.1 Å². The molecule has 154 valence electrons. The maximum atomic E-state index is 13.2. The van der Waals surface area contributed by atoms with Gasteiger partial charge >= 0.3 is 0 Å². The van der Waals surface area contributed by atoms with Gasteiger partial charge in [-0.1, -0.05) is 18.2 Å². The minimum atomic E-state index is -0.234. The molecule has 0 radical (unpaired) electrons. The van der Waals surface area contributed by atoms with Crippen molar-refractivity contribution < 1.29 is 19.0 Å². The highest BCUT2D eigenvalue weighted by Gasteiger charge is 2.34. The lowest BCUT2D eigenvalue weighted by atomic mass is 9.98. The molecule has 6 nitrogen and oxygen atoms in total. The molecule has 4 rings (SSSR count). The third-order valence-electron chi connectivity index (χ3n) is 5.01. The van der Waals surface area contributed by atoms with Gasteiger partial charge in [0.25, 0.3) is 5.91 Å². The largest absolute Gasteiger partial charge is 0.497 e. The highest BCUT2D eigenvalue weighted by Crippen LogP contribution is 2.37. The van der Waals surface area contributed by atoms with Crippen LogP contribution in [0.3, 0.4) is 0 Å². The maximum absolute atomic E-state index is 13.2. The molecule has 30 heavy (non-hydrogen) atoms. The minimum absolute atomic E-state index is 0.123. The summed E-state index contributed by atoms with van der Waals surface area (Å²) in [6, 6.07) is 16.8. The molecule has 0 saturated carbocycles. The Balaban J connectivity index is 1.76.